The van der Waals surface area contributed by atoms with Crippen molar-refractivity contribution in [2.45, 2.75) is 13.3 Å². The molecule has 0 radical (unpaired) electrons. The van der Waals surface area contributed by atoms with Crippen molar-refractivity contribution in [2.24, 2.45) is 0 Å². The molecule has 0 fully saturated rings. The molecule has 0 N–H and O–H groups in total. The summed E-state index contributed by atoms with van der Waals surface area (Å²) >= 11 is 0. The van der Waals surface area contributed by atoms with E-state index >= 15 is 0 Å². The lowest BCUT2D eigenvalue weighted by atomic mass is 9.58. The number of benzene rings is 4. The Morgan fingerprint density at radius 3 is 1.89 bits per heavy atom. The second kappa shape index (κ2) is 11.2. The summed E-state index contributed by atoms with van der Waals surface area (Å²) in [6.07, 6.45) is 12.1. The highest BCUT2D eigenvalue weighted by Crippen LogP contribution is 2.38. The highest BCUT2D eigenvalue weighted by atomic mass is 16.3. The minimum atomic E-state index is 0.659. The van der Waals surface area contributed by atoms with Crippen molar-refractivity contribution >= 4 is 158 Å². The third-order valence-corrected chi connectivity index (χ3v) is 10.5. The van der Waals surface area contributed by atoms with Crippen LogP contribution in [-0.4, -0.2) is 75.6 Å². The van der Waals surface area contributed by atoms with Crippen LogP contribution in [0.15, 0.2) is 47.0 Å². The Morgan fingerprint density at radius 2 is 1.30 bits per heavy atom. The maximum absolute atomic E-state index is 6.94. The van der Waals surface area contributed by atoms with E-state index in [9.17, 15) is 0 Å². The summed E-state index contributed by atoms with van der Waals surface area (Å²) in [5, 5.41) is 6.61. The number of rotatable bonds is 4. The average Bonchev–Trinajstić information content (AvgIpc) is 3.39. The number of furan rings is 1. The molecular formula is C33H32B9NO. The Bertz CT molecular complexity index is 2270. The van der Waals surface area contributed by atoms with Gasteiger partial charge in [-0.2, -0.15) is 0 Å². The summed E-state index contributed by atoms with van der Waals surface area (Å²) in [7, 11) is 20.6. The van der Waals surface area contributed by atoms with Gasteiger partial charge in [0.1, 0.15) is 82.0 Å². The molecule has 202 valence electrons. The van der Waals surface area contributed by atoms with Crippen LogP contribution in [0.3, 0.4) is 0 Å². The van der Waals surface area contributed by atoms with E-state index in [0.29, 0.717) is 6.42 Å². The first kappa shape index (κ1) is 30.0. The standard InChI is InChI=1S/C33H32B9NO/c1-3-4-7-15-18(44-33-14(10-9-13(2)19(15)33)17-8-5-6-11-43-17)12-16-20-21(26(36)30(40)29(39)25(20)35)22-23(24(16)34)28(38)32(42)31(41)27(22)37/h1,4-11H,12,34-42H2,2H3/b7-4-. The molecule has 11 heteroatoms. The lowest BCUT2D eigenvalue weighted by molar-refractivity contribution is 0.563. The molecule has 0 bridgehead atoms. The first-order valence-corrected chi connectivity index (χ1v) is 15.5. The fourth-order valence-electron chi connectivity index (χ4n) is 7.42. The van der Waals surface area contributed by atoms with Crippen molar-refractivity contribution in [2.75, 3.05) is 0 Å². The lowest BCUT2D eigenvalue weighted by Gasteiger charge is -2.26. The molecule has 0 atom stereocenters. The highest BCUT2D eigenvalue weighted by molar-refractivity contribution is 6.72. The van der Waals surface area contributed by atoms with Crippen LogP contribution in [0.25, 0.3) is 49.8 Å². The van der Waals surface area contributed by atoms with E-state index in [0.717, 1.165) is 39.1 Å². The zero-order valence-electron chi connectivity index (χ0n) is 27.8. The molecule has 44 heavy (non-hydrogen) atoms. The zero-order valence-corrected chi connectivity index (χ0v) is 27.8. The smallest absolute Gasteiger partial charge is 0.144 e. The van der Waals surface area contributed by atoms with Crippen molar-refractivity contribution in [3.8, 4) is 23.6 Å². The summed E-state index contributed by atoms with van der Waals surface area (Å²) in [6, 6.07) is 10.3. The number of hydrogen-bond donors (Lipinski definition) is 0. The van der Waals surface area contributed by atoms with Gasteiger partial charge in [0.2, 0.25) is 0 Å². The predicted octanol–water partition coefficient (Wildman–Crippen LogP) is -7.33. The number of aryl methyl sites for hydroxylation is 1. The average molecular weight is 556 g/mol. The van der Waals surface area contributed by atoms with E-state index < -0.39 is 0 Å². The normalized spacial score (nSPS) is 11.6. The second-order valence-electron chi connectivity index (χ2n) is 12.6. The Morgan fingerprint density at radius 1 is 0.705 bits per heavy atom. The van der Waals surface area contributed by atoms with E-state index in [-0.39, 0.29) is 0 Å². The van der Waals surface area contributed by atoms with Crippen molar-refractivity contribution in [3.05, 3.63) is 65.1 Å². The summed E-state index contributed by atoms with van der Waals surface area (Å²) in [5.74, 6) is 3.64. The van der Waals surface area contributed by atoms with Gasteiger partial charge in [0.25, 0.3) is 0 Å². The van der Waals surface area contributed by atoms with E-state index in [1.165, 1.54) is 76.3 Å². The maximum Gasteiger partial charge on any atom is 0.144 e. The van der Waals surface area contributed by atoms with E-state index in [2.05, 4.69) is 101 Å². The molecule has 2 aromatic heterocycles. The van der Waals surface area contributed by atoms with Gasteiger partial charge in [0, 0.05) is 29.1 Å². The number of allylic oxidation sites excluding steroid dienone is 1. The molecule has 2 nitrogen and oxygen atoms in total. The number of aromatic nitrogens is 1. The van der Waals surface area contributed by atoms with Crippen LogP contribution < -0.4 is 49.2 Å². The summed E-state index contributed by atoms with van der Waals surface area (Å²) in [6.45, 7) is 2.14. The fraction of sp³-hybridized carbons (Fsp3) is 0.0606. The van der Waals surface area contributed by atoms with Crippen LogP contribution in [0, 0.1) is 19.3 Å². The van der Waals surface area contributed by atoms with Gasteiger partial charge in [0.05, 0.1) is 5.69 Å². The van der Waals surface area contributed by atoms with Gasteiger partial charge >= 0.3 is 0 Å². The van der Waals surface area contributed by atoms with Crippen molar-refractivity contribution in [3.63, 3.8) is 0 Å². The summed E-state index contributed by atoms with van der Waals surface area (Å²) < 4.78 is 6.94. The van der Waals surface area contributed by atoms with Crippen molar-refractivity contribution in [1.29, 1.82) is 0 Å². The summed E-state index contributed by atoms with van der Waals surface area (Å²) in [5.41, 5.74) is 18.6. The quantitative estimate of drug-likeness (QED) is 0.123. The molecule has 4 aromatic carbocycles. The molecule has 0 saturated carbocycles. The SMILES string of the molecule is Bc1c(B)c(B)c2c(c1B)c(B)c(Cc1oc3c(-c4ccccn4)ccc(C)c3c1/C=C\C#C)c1c(B)c(B)c(B)c(B)c12. The molecule has 2 heterocycles. The molecule has 0 spiro atoms. The van der Waals surface area contributed by atoms with E-state index in [4.69, 9.17) is 10.8 Å². The van der Waals surface area contributed by atoms with Crippen LogP contribution >= 0.6 is 0 Å². The number of hydrogen-bond acceptors (Lipinski definition) is 2. The van der Waals surface area contributed by atoms with Crippen molar-refractivity contribution in [1.82, 2.24) is 4.98 Å². The molecule has 0 unspecified atom stereocenters. The Balaban J connectivity index is 1.77. The molecule has 6 rings (SSSR count). The number of nitrogens with zero attached hydrogens (tertiary/aromatic N) is 1. The maximum atomic E-state index is 6.94. The number of pyridine rings is 1. The minimum absolute atomic E-state index is 0.659. The minimum Gasteiger partial charge on any atom is -0.459 e. The van der Waals surface area contributed by atoms with Crippen molar-refractivity contribution < 1.29 is 4.42 Å². The molecule has 0 aliphatic carbocycles. The zero-order chi connectivity index (χ0) is 31.6. The first-order valence-electron chi connectivity index (χ1n) is 15.5. The molecule has 6 aromatic rings. The predicted molar refractivity (Wildman–Crippen MR) is 220 cm³/mol. The van der Waals surface area contributed by atoms with Gasteiger partial charge < -0.3 is 4.42 Å². The Hall–Kier alpha value is -4.03. The second-order valence-corrected chi connectivity index (χ2v) is 12.6. The van der Waals surface area contributed by atoms with Crippen LogP contribution in [0.5, 0.6) is 0 Å². The van der Waals surface area contributed by atoms with Gasteiger partial charge in [-0.15, -0.1) is 28.3 Å². The number of fused-ring (bicyclic) bond motifs is 4. The molecule has 0 amide bonds. The topological polar surface area (TPSA) is 26.0 Å². The molecule has 0 aliphatic rings. The lowest BCUT2D eigenvalue weighted by Crippen LogP contribution is -2.52. The third-order valence-electron chi connectivity index (χ3n) is 10.5. The molecular weight excluding hydrogens is 524 g/mol. The number of terminal acetylenes is 1. The van der Waals surface area contributed by atoms with Crippen LogP contribution in [0.2, 0.25) is 0 Å². The highest BCUT2D eigenvalue weighted by Gasteiger charge is 2.24. The van der Waals surface area contributed by atoms with Gasteiger partial charge in [-0.1, -0.05) is 45.4 Å². The third kappa shape index (κ3) is 4.37. The van der Waals surface area contributed by atoms with E-state index in [1.807, 2.05) is 30.5 Å². The van der Waals surface area contributed by atoms with Gasteiger partial charge in [-0.25, -0.2) is 0 Å². The first-order chi connectivity index (χ1) is 21.0. The molecule has 0 aliphatic heterocycles. The fourth-order valence-corrected chi connectivity index (χ4v) is 7.42. The van der Waals surface area contributed by atoms with Gasteiger partial charge in [-0.05, 0) is 69.9 Å². The van der Waals surface area contributed by atoms with Crippen LogP contribution in [0.4, 0.5) is 0 Å². The van der Waals surface area contributed by atoms with E-state index in [1.54, 1.807) is 6.08 Å². The largest absolute Gasteiger partial charge is 0.459 e. The Kier molecular flexibility index (Phi) is 7.61. The summed E-state index contributed by atoms with van der Waals surface area (Å²) in [4.78, 5) is 4.67. The van der Waals surface area contributed by atoms with Gasteiger partial charge in [0.15, 0.2) is 0 Å². The van der Waals surface area contributed by atoms with Crippen LogP contribution in [-0.2, 0) is 6.42 Å². The Labute approximate surface area is 268 Å². The van der Waals surface area contributed by atoms with Gasteiger partial charge in [-0.3, -0.25) is 4.98 Å². The van der Waals surface area contributed by atoms with Crippen LogP contribution in [0.1, 0.15) is 22.5 Å². The monoisotopic (exact) mass is 557 g/mol. The molecule has 0 saturated heterocycles.